The Labute approximate surface area is 89.3 Å². The van der Waals surface area contributed by atoms with E-state index in [0.717, 1.165) is 19.3 Å². The van der Waals surface area contributed by atoms with Gasteiger partial charge in [-0.1, -0.05) is 40.3 Å². The highest BCUT2D eigenvalue weighted by Crippen LogP contribution is 2.47. The molecule has 0 N–H and O–H groups in total. The molecule has 0 aromatic heterocycles. The summed E-state index contributed by atoms with van der Waals surface area (Å²) in [5.41, 5.74) is 0.427. The van der Waals surface area contributed by atoms with E-state index in [2.05, 4.69) is 33.9 Å². The molecule has 14 heavy (non-hydrogen) atoms. The fourth-order valence-electron chi connectivity index (χ4n) is 2.27. The van der Waals surface area contributed by atoms with Gasteiger partial charge in [-0.25, -0.2) is 0 Å². The van der Waals surface area contributed by atoms with Crippen molar-refractivity contribution in [1.82, 2.24) is 0 Å². The summed E-state index contributed by atoms with van der Waals surface area (Å²) < 4.78 is 0. The van der Waals surface area contributed by atoms with Crippen LogP contribution in [0, 0.1) is 0 Å². The smallest absolute Gasteiger partial charge is 0.133 e. The highest BCUT2D eigenvalue weighted by molar-refractivity contribution is 6.84. The summed E-state index contributed by atoms with van der Waals surface area (Å²) in [6, 6.07) is 0. The molecule has 1 fully saturated rings. The minimum atomic E-state index is -1.42. The summed E-state index contributed by atoms with van der Waals surface area (Å²) in [5.74, 6) is 0.558. The predicted molar refractivity (Wildman–Crippen MR) is 64.4 cm³/mol. The van der Waals surface area contributed by atoms with Crippen LogP contribution in [0.1, 0.15) is 46.5 Å². The molecule has 0 radical (unpaired) electrons. The molecule has 82 valence electrons. The molecule has 0 aliphatic heterocycles. The third-order valence-electron chi connectivity index (χ3n) is 4.36. The van der Waals surface area contributed by atoms with Crippen molar-refractivity contribution in [3.05, 3.63) is 0 Å². The maximum atomic E-state index is 11.9. The van der Waals surface area contributed by atoms with Gasteiger partial charge in [0.1, 0.15) is 5.78 Å². The number of hydrogen-bond acceptors (Lipinski definition) is 1. The fourth-order valence-corrected chi connectivity index (χ4v) is 5.19. The van der Waals surface area contributed by atoms with Crippen LogP contribution in [0.4, 0.5) is 0 Å². The molecule has 2 heteroatoms. The molecular formula is C12H24OSi. The van der Waals surface area contributed by atoms with Gasteiger partial charge in [-0.3, -0.25) is 4.79 Å². The van der Waals surface area contributed by atoms with Crippen molar-refractivity contribution >= 4 is 13.9 Å². The molecule has 0 aromatic carbocycles. The van der Waals surface area contributed by atoms with Gasteiger partial charge in [0.2, 0.25) is 0 Å². The first kappa shape index (κ1) is 12.0. The van der Waals surface area contributed by atoms with E-state index in [0.29, 0.717) is 16.4 Å². The minimum absolute atomic E-state index is 0.352. The Kier molecular flexibility index (Phi) is 3.25. The average molecular weight is 212 g/mol. The highest BCUT2D eigenvalue weighted by atomic mass is 28.3. The summed E-state index contributed by atoms with van der Waals surface area (Å²) in [4.78, 5) is 11.9. The summed E-state index contributed by atoms with van der Waals surface area (Å²) in [6.45, 7) is 11.7. The summed E-state index contributed by atoms with van der Waals surface area (Å²) >= 11 is 0. The van der Waals surface area contributed by atoms with Gasteiger partial charge in [0.05, 0.1) is 8.07 Å². The zero-order valence-corrected chi connectivity index (χ0v) is 11.3. The molecule has 1 aliphatic carbocycles. The number of ketones is 1. The van der Waals surface area contributed by atoms with E-state index in [1.54, 1.807) is 0 Å². The Bertz CT molecular complexity index is 225. The maximum absolute atomic E-state index is 11.9. The lowest BCUT2D eigenvalue weighted by Gasteiger charge is -2.44. The topological polar surface area (TPSA) is 17.1 Å². The van der Waals surface area contributed by atoms with Gasteiger partial charge < -0.3 is 0 Å². The van der Waals surface area contributed by atoms with Crippen LogP contribution in [0.2, 0.25) is 23.7 Å². The molecule has 1 rings (SSSR count). The number of rotatable bonds is 1. The predicted octanol–water partition coefficient (Wildman–Crippen LogP) is 4.01. The van der Waals surface area contributed by atoms with Gasteiger partial charge in [-0.2, -0.15) is 0 Å². The van der Waals surface area contributed by atoms with Gasteiger partial charge in [-0.15, -0.1) is 0 Å². The summed E-state index contributed by atoms with van der Waals surface area (Å²) in [5, 5.41) is 0.352. The standard InChI is InChI=1S/C12H24OSi/c1-12(2,3)14(4,5)11-9-7-6-8-10(11)13/h11H,6-9H2,1-5H3. The molecule has 0 amide bonds. The van der Waals surface area contributed by atoms with Gasteiger partial charge >= 0.3 is 0 Å². The van der Waals surface area contributed by atoms with Crippen LogP contribution in [0.5, 0.6) is 0 Å². The second kappa shape index (κ2) is 3.80. The van der Waals surface area contributed by atoms with Crippen molar-refractivity contribution < 1.29 is 4.79 Å². The maximum Gasteiger partial charge on any atom is 0.133 e. The van der Waals surface area contributed by atoms with E-state index in [-0.39, 0.29) is 0 Å². The highest BCUT2D eigenvalue weighted by Gasteiger charge is 2.45. The van der Waals surface area contributed by atoms with E-state index < -0.39 is 8.07 Å². The van der Waals surface area contributed by atoms with E-state index in [1.165, 1.54) is 6.42 Å². The van der Waals surface area contributed by atoms with Crippen LogP contribution in [0.25, 0.3) is 0 Å². The molecule has 1 aliphatic rings. The first-order valence-electron chi connectivity index (χ1n) is 5.79. The zero-order valence-electron chi connectivity index (χ0n) is 10.3. The molecule has 0 aromatic rings. The van der Waals surface area contributed by atoms with Crippen molar-refractivity contribution in [2.45, 2.75) is 70.1 Å². The third-order valence-corrected chi connectivity index (χ3v) is 10.6. The van der Waals surface area contributed by atoms with E-state index in [4.69, 9.17) is 0 Å². The summed E-state index contributed by atoms with van der Waals surface area (Å²) in [6.07, 6.45) is 4.40. The van der Waals surface area contributed by atoms with Gasteiger partial charge in [0.25, 0.3) is 0 Å². The molecule has 0 bridgehead atoms. The largest absolute Gasteiger partial charge is 0.300 e. The lowest BCUT2D eigenvalue weighted by molar-refractivity contribution is -0.120. The Hall–Kier alpha value is -0.113. The molecule has 1 atom stereocenters. The van der Waals surface area contributed by atoms with Gasteiger partial charge in [-0.05, 0) is 17.9 Å². The lowest BCUT2D eigenvalue weighted by atomic mass is 9.99. The van der Waals surface area contributed by atoms with Gasteiger partial charge in [0, 0.05) is 12.0 Å². The van der Waals surface area contributed by atoms with Crippen molar-refractivity contribution in [3.8, 4) is 0 Å². The quantitative estimate of drug-likeness (QED) is 0.600. The minimum Gasteiger partial charge on any atom is -0.300 e. The molecule has 1 saturated carbocycles. The number of carbonyl (C=O) groups is 1. The van der Waals surface area contributed by atoms with Gasteiger partial charge in [0.15, 0.2) is 0 Å². The molecule has 0 saturated heterocycles. The Morgan fingerprint density at radius 1 is 1.21 bits per heavy atom. The van der Waals surface area contributed by atoms with E-state index >= 15 is 0 Å². The molecule has 1 nitrogen and oxygen atoms in total. The SMILES string of the molecule is CC(C)(C)[Si](C)(C)C1CCCCC1=O. The third kappa shape index (κ3) is 2.10. The molecular weight excluding hydrogens is 188 g/mol. The second-order valence-electron chi connectivity index (χ2n) is 6.24. The first-order valence-corrected chi connectivity index (χ1v) is 8.87. The van der Waals surface area contributed by atoms with Crippen LogP contribution >= 0.6 is 0 Å². The monoisotopic (exact) mass is 212 g/mol. The fraction of sp³-hybridized carbons (Fsp3) is 0.917. The van der Waals surface area contributed by atoms with Crippen LogP contribution in [-0.2, 0) is 4.79 Å². The lowest BCUT2D eigenvalue weighted by Crippen LogP contribution is -2.46. The zero-order chi connectivity index (χ0) is 11.0. The Morgan fingerprint density at radius 3 is 2.21 bits per heavy atom. The Balaban J connectivity index is 2.85. The van der Waals surface area contributed by atoms with Crippen LogP contribution in [0.15, 0.2) is 0 Å². The summed E-state index contributed by atoms with van der Waals surface area (Å²) in [7, 11) is -1.42. The van der Waals surface area contributed by atoms with Crippen molar-refractivity contribution in [2.75, 3.05) is 0 Å². The average Bonchev–Trinajstić information content (AvgIpc) is 2.02. The number of hydrogen-bond donors (Lipinski definition) is 0. The van der Waals surface area contributed by atoms with Crippen molar-refractivity contribution in [2.24, 2.45) is 0 Å². The number of carbonyl (C=O) groups excluding carboxylic acids is 1. The van der Waals surface area contributed by atoms with E-state index in [1.807, 2.05) is 0 Å². The van der Waals surface area contributed by atoms with Crippen LogP contribution in [-0.4, -0.2) is 13.9 Å². The van der Waals surface area contributed by atoms with Crippen molar-refractivity contribution in [3.63, 3.8) is 0 Å². The first-order chi connectivity index (χ1) is 6.27. The molecule has 0 heterocycles. The van der Waals surface area contributed by atoms with Crippen LogP contribution < -0.4 is 0 Å². The molecule has 0 spiro atoms. The normalized spacial score (nSPS) is 25.2. The second-order valence-corrected chi connectivity index (χ2v) is 11.9. The number of Topliss-reactive ketones (excluding diaryl/α,β-unsaturated/α-hetero) is 1. The van der Waals surface area contributed by atoms with Crippen LogP contribution in [0.3, 0.4) is 0 Å². The Morgan fingerprint density at radius 2 is 1.79 bits per heavy atom. The molecule has 1 unspecified atom stereocenters. The van der Waals surface area contributed by atoms with Crippen molar-refractivity contribution in [1.29, 1.82) is 0 Å². The van der Waals surface area contributed by atoms with E-state index in [9.17, 15) is 4.79 Å².